The van der Waals surface area contributed by atoms with E-state index in [1.54, 1.807) is 19.4 Å². The van der Waals surface area contributed by atoms with E-state index in [2.05, 4.69) is 49.8 Å². The minimum atomic E-state index is -0.202. The first-order valence-corrected chi connectivity index (χ1v) is 12.5. The third-order valence-electron chi connectivity index (χ3n) is 6.59. The zero-order valence-electron chi connectivity index (χ0n) is 20.5. The van der Waals surface area contributed by atoms with Crippen LogP contribution in [0.15, 0.2) is 42.7 Å². The number of nitrogens with zero attached hydrogens (tertiary/aromatic N) is 4. The molecule has 36 heavy (non-hydrogen) atoms. The van der Waals surface area contributed by atoms with Crippen molar-refractivity contribution in [1.29, 1.82) is 0 Å². The van der Waals surface area contributed by atoms with Crippen LogP contribution in [0.1, 0.15) is 25.7 Å². The number of morpholine rings is 1. The van der Waals surface area contributed by atoms with E-state index in [0.717, 1.165) is 68.6 Å². The Morgan fingerprint density at radius 3 is 2.61 bits per heavy atom. The third kappa shape index (κ3) is 5.93. The Bertz CT molecular complexity index is 1160. The lowest BCUT2D eigenvalue weighted by Gasteiger charge is -2.31. The summed E-state index contributed by atoms with van der Waals surface area (Å²) in [5.41, 5.74) is 0. The molecule has 0 bridgehead atoms. The minimum absolute atomic E-state index is 0.0594. The van der Waals surface area contributed by atoms with Crippen LogP contribution in [0.2, 0.25) is 0 Å². The van der Waals surface area contributed by atoms with E-state index in [1.807, 2.05) is 6.07 Å². The second-order valence-corrected chi connectivity index (χ2v) is 9.05. The summed E-state index contributed by atoms with van der Waals surface area (Å²) in [6.45, 7) is 3.06. The highest BCUT2D eigenvalue weighted by molar-refractivity contribution is 5.89. The molecule has 2 N–H and O–H groups in total. The number of carbonyl (C=O) groups is 1. The Balaban J connectivity index is 1.18. The lowest BCUT2D eigenvalue weighted by Crippen LogP contribution is -2.37. The van der Waals surface area contributed by atoms with Crippen molar-refractivity contribution in [3.8, 4) is 11.6 Å². The van der Waals surface area contributed by atoms with Crippen LogP contribution in [0, 0.1) is 0 Å². The second-order valence-electron chi connectivity index (χ2n) is 9.05. The van der Waals surface area contributed by atoms with Crippen molar-refractivity contribution in [2.75, 3.05) is 50.2 Å². The van der Waals surface area contributed by atoms with Crippen LogP contribution >= 0.6 is 0 Å². The molecule has 3 aromatic rings. The van der Waals surface area contributed by atoms with Gasteiger partial charge in [0.1, 0.15) is 11.9 Å². The number of rotatable bonds is 8. The van der Waals surface area contributed by atoms with Crippen molar-refractivity contribution in [1.82, 2.24) is 20.3 Å². The summed E-state index contributed by atoms with van der Waals surface area (Å²) in [7, 11) is 1.57. The molecule has 1 amide bonds. The van der Waals surface area contributed by atoms with Gasteiger partial charge in [0.05, 0.1) is 25.6 Å². The first kappa shape index (κ1) is 24.1. The van der Waals surface area contributed by atoms with Gasteiger partial charge in [-0.25, -0.2) is 9.97 Å². The molecular weight excluding hydrogens is 460 g/mol. The summed E-state index contributed by atoms with van der Waals surface area (Å²) in [6, 6.07) is 10.7. The van der Waals surface area contributed by atoms with Gasteiger partial charge in [-0.3, -0.25) is 4.79 Å². The number of benzene rings is 1. The number of anilines is 2. The highest BCUT2D eigenvalue weighted by Gasteiger charge is 2.25. The van der Waals surface area contributed by atoms with Gasteiger partial charge in [-0.15, -0.1) is 0 Å². The lowest BCUT2D eigenvalue weighted by atomic mass is 9.93. The van der Waals surface area contributed by atoms with Crippen molar-refractivity contribution in [3.05, 3.63) is 42.7 Å². The normalized spacial score (nSPS) is 20.1. The number of hydrogen-bond acceptors (Lipinski definition) is 9. The molecule has 2 fully saturated rings. The van der Waals surface area contributed by atoms with Crippen LogP contribution in [0.25, 0.3) is 10.8 Å². The van der Waals surface area contributed by atoms with Gasteiger partial charge in [0.25, 0.3) is 5.91 Å². The molecule has 1 saturated heterocycles. The molecule has 5 rings (SSSR count). The maximum atomic E-state index is 11.3. The van der Waals surface area contributed by atoms with E-state index in [-0.39, 0.29) is 24.7 Å². The highest BCUT2D eigenvalue weighted by Crippen LogP contribution is 2.32. The molecule has 10 heteroatoms. The van der Waals surface area contributed by atoms with Crippen LogP contribution in [-0.2, 0) is 9.53 Å². The fraction of sp³-hybridized carbons (Fsp3) is 0.462. The summed E-state index contributed by atoms with van der Waals surface area (Å²) in [6.07, 6.45) is 7.00. The Kier molecular flexibility index (Phi) is 7.61. The quantitative estimate of drug-likeness (QED) is 0.490. The van der Waals surface area contributed by atoms with Crippen LogP contribution in [0.3, 0.4) is 0 Å². The molecule has 0 unspecified atom stereocenters. The van der Waals surface area contributed by atoms with Crippen molar-refractivity contribution in [2.24, 2.45) is 0 Å². The van der Waals surface area contributed by atoms with Gasteiger partial charge in [0.15, 0.2) is 12.4 Å². The Morgan fingerprint density at radius 2 is 1.86 bits per heavy atom. The number of amides is 1. The van der Waals surface area contributed by atoms with Crippen molar-refractivity contribution in [2.45, 2.75) is 37.8 Å². The average Bonchev–Trinajstić information content (AvgIpc) is 2.94. The number of pyridine rings is 1. The average molecular weight is 493 g/mol. The monoisotopic (exact) mass is 492 g/mol. The van der Waals surface area contributed by atoms with Crippen molar-refractivity contribution in [3.63, 3.8) is 0 Å². The molecule has 1 aliphatic heterocycles. The van der Waals surface area contributed by atoms with Crippen LogP contribution < -0.4 is 25.0 Å². The number of fused-ring (bicyclic) bond motifs is 1. The predicted molar refractivity (Wildman–Crippen MR) is 137 cm³/mol. The fourth-order valence-electron chi connectivity index (χ4n) is 4.55. The molecule has 1 aromatic carbocycles. The molecule has 0 atom stereocenters. The Morgan fingerprint density at radius 1 is 1.11 bits per heavy atom. The summed E-state index contributed by atoms with van der Waals surface area (Å²) in [4.78, 5) is 27.1. The van der Waals surface area contributed by atoms with Crippen molar-refractivity contribution < 1.29 is 19.0 Å². The Labute approximate surface area is 210 Å². The molecule has 2 aliphatic rings. The summed E-state index contributed by atoms with van der Waals surface area (Å²) in [5.74, 6) is 2.47. The Hall–Kier alpha value is -3.66. The van der Waals surface area contributed by atoms with Crippen LogP contribution in [0.5, 0.6) is 11.6 Å². The summed E-state index contributed by atoms with van der Waals surface area (Å²) in [5, 5.41) is 8.09. The molecule has 190 valence electrons. The molecule has 10 nitrogen and oxygen atoms in total. The number of likely N-dealkylation sites (N-methyl/N-ethyl adjacent to an activating group) is 1. The molecule has 0 radical (unpaired) electrons. The molecule has 2 aromatic heterocycles. The first-order valence-electron chi connectivity index (χ1n) is 12.5. The molecule has 0 spiro atoms. The van der Waals surface area contributed by atoms with Gasteiger partial charge in [0.2, 0.25) is 11.8 Å². The zero-order valence-corrected chi connectivity index (χ0v) is 20.5. The van der Waals surface area contributed by atoms with Gasteiger partial charge in [0, 0.05) is 31.6 Å². The van der Waals surface area contributed by atoms with E-state index in [9.17, 15) is 4.79 Å². The van der Waals surface area contributed by atoms with Crippen molar-refractivity contribution >= 4 is 28.4 Å². The van der Waals surface area contributed by atoms with Gasteiger partial charge >= 0.3 is 0 Å². The van der Waals surface area contributed by atoms with E-state index in [0.29, 0.717) is 17.6 Å². The number of aromatic nitrogens is 3. The number of hydrogen-bond donors (Lipinski definition) is 2. The van der Waals surface area contributed by atoms with Gasteiger partial charge in [-0.2, -0.15) is 4.98 Å². The van der Waals surface area contributed by atoms with E-state index < -0.39 is 0 Å². The van der Waals surface area contributed by atoms with E-state index >= 15 is 0 Å². The van der Waals surface area contributed by atoms with Crippen LogP contribution in [0.4, 0.5) is 11.8 Å². The fourth-order valence-corrected chi connectivity index (χ4v) is 4.55. The maximum absolute atomic E-state index is 11.3. The largest absolute Gasteiger partial charge is 0.481 e. The van der Waals surface area contributed by atoms with E-state index in [4.69, 9.17) is 19.2 Å². The molecule has 3 heterocycles. The predicted octanol–water partition coefficient (Wildman–Crippen LogP) is 2.79. The van der Waals surface area contributed by atoms with Crippen LogP contribution in [-0.4, -0.2) is 73.0 Å². The standard InChI is InChI=1S/C26H32N6O4/c1-27-24(33)17-35-21-15-28-26(29-16-21)30-19-6-8-20(9-7-19)36-25-22-5-3-2-4-18(22)14-23(31-25)32-10-12-34-13-11-32/h2-5,14-16,19-20H,6-13,17H2,1H3,(H,27,33)(H,28,29,30). The van der Waals surface area contributed by atoms with Gasteiger partial charge < -0.3 is 29.7 Å². The topological polar surface area (TPSA) is 111 Å². The zero-order chi connectivity index (χ0) is 24.7. The number of ether oxygens (including phenoxy) is 3. The van der Waals surface area contributed by atoms with Gasteiger partial charge in [-0.1, -0.05) is 18.2 Å². The van der Waals surface area contributed by atoms with Gasteiger partial charge in [-0.05, 0) is 43.2 Å². The molecule has 1 aliphatic carbocycles. The second kappa shape index (κ2) is 11.4. The summed E-state index contributed by atoms with van der Waals surface area (Å²) >= 11 is 0. The lowest BCUT2D eigenvalue weighted by molar-refractivity contribution is -0.122. The first-order chi connectivity index (χ1) is 17.7. The SMILES string of the molecule is CNC(=O)COc1cnc(NC2CCC(Oc3nc(N4CCOCC4)cc4ccccc34)CC2)nc1. The maximum Gasteiger partial charge on any atom is 0.257 e. The third-order valence-corrected chi connectivity index (χ3v) is 6.59. The molecule has 1 saturated carbocycles. The van der Waals surface area contributed by atoms with E-state index in [1.165, 1.54) is 0 Å². The number of nitrogens with one attached hydrogen (secondary N) is 2. The number of carbonyl (C=O) groups excluding carboxylic acids is 1. The molecular formula is C26H32N6O4. The summed E-state index contributed by atoms with van der Waals surface area (Å²) < 4.78 is 17.4. The minimum Gasteiger partial charge on any atom is -0.481 e. The highest BCUT2D eigenvalue weighted by atomic mass is 16.5. The smallest absolute Gasteiger partial charge is 0.257 e.